The van der Waals surface area contributed by atoms with Crippen molar-refractivity contribution in [2.24, 2.45) is 23.5 Å². The third-order valence-corrected chi connectivity index (χ3v) is 4.96. The van der Waals surface area contributed by atoms with Crippen molar-refractivity contribution >= 4 is 17.3 Å². The first-order chi connectivity index (χ1) is 9.97. The van der Waals surface area contributed by atoms with Crippen LogP contribution in [0.2, 0.25) is 0 Å². The van der Waals surface area contributed by atoms with Gasteiger partial charge in [0.05, 0.1) is 10.8 Å². The number of nitrogens with two attached hydrogens (primary N) is 1. The maximum atomic E-state index is 12.4. The molecule has 0 radical (unpaired) electrons. The highest BCUT2D eigenvalue weighted by Gasteiger charge is 2.49. The van der Waals surface area contributed by atoms with Gasteiger partial charge in [0.2, 0.25) is 5.91 Å². The van der Waals surface area contributed by atoms with Crippen LogP contribution >= 0.6 is 0 Å². The van der Waals surface area contributed by atoms with Crippen LogP contribution in [0.1, 0.15) is 24.8 Å². The summed E-state index contributed by atoms with van der Waals surface area (Å²) in [6, 6.07) is 4.67. The minimum atomic E-state index is -0.436. The van der Waals surface area contributed by atoms with Gasteiger partial charge in [-0.2, -0.15) is 0 Å². The second-order valence-electron chi connectivity index (χ2n) is 6.18. The van der Waals surface area contributed by atoms with E-state index in [9.17, 15) is 14.9 Å². The van der Waals surface area contributed by atoms with Crippen LogP contribution in [-0.2, 0) is 4.79 Å². The zero-order valence-corrected chi connectivity index (χ0v) is 11.9. The Labute approximate surface area is 122 Å². The van der Waals surface area contributed by atoms with Gasteiger partial charge < -0.3 is 11.1 Å². The van der Waals surface area contributed by atoms with Crippen LogP contribution < -0.4 is 11.1 Å². The zero-order valence-electron chi connectivity index (χ0n) is 11.9. The minimum Gasteiger partial charge on any atom is -0.327 e. The first kappa shape index (κ1) is 14.0. The van der Waals surface area contributed by atoms with E-state index in [2.05, 4.69) is 5.32 Å². The maximum Gasteiger partial charge on any atom is 0.274 e. The summed E-state index contributed by atoms with van der Waals surface area (Å²) in [6.07, 6.45) is 3.21. The number of carbonyl (C=O) groups excluding carboxylic acids is 1. The van der Waals surface area contributed by atoms with E-state index in [-0.39, 0.29) is 23.6 Å². The van der Waals surface area contributed by atoms with E-state index in [0.29, 0.717) is 23.1 Å². The number of anilines is 1. The Balaban J connectivity index is 1.76. The molecule has 0 heterocycles. The third kappa shape index (κ3) is 2.40. The molecule has 1 aromatic rings. The van der Waals surface area contributed by atoms with E-state index in [1.807, 2.05) is 0 Å². The van der Waals surface area contributed by atoms with Crippen molar-refractivity contribution in [3.05, 3.63) is 33.9 Å². The van der Waals surface area contributed by atoms with E-state index in [1.165, 1.54) is 6.07 Å². The molecule has 2 aliphatic rings. The predicted octanol–water partition coefficient (Wildman–Crippen LogP) is 2.22. The number of hydrogen-bond acceptors (Lipinski definition) is 4. The molecule has 6 heteroatoms. The van der Waals surface area contributed by atoms with E-state index >= 15 is 0 Å². The molecule has 2 saturated carbocycles. The number of aryl methyl sites for hydroxylation is 1. The Bertz CT molecular complexity index is 600. The summed E-state index contributed by atoms with van der Waals surface area (Å²) < 4.78 is 0. The van der Waals surface area contributed by atoms with Crippen LogP contribution in [0.25, 0.3) is 0 Å². The van der Waals surface area contributed by atoms with E-state index < -0.39 is 4.92 Å². The molecule has 112 valence electrons. The lowest BCUT2D eigenvalue weighted by Crippen LogP contribution is -2.42. The lowest BCUT2D eigenvalue weighted by Gasteiger charge is -2.27. The second kappa shape index (κ2) is 5.11. The molecule has 4 atom stereocenters. The topological polar surface area (TPSA) is 98.3 Å². The van der Waals surface area contributed by atoms with Crippen molar-refractivity contribution in [1.82, 2.24) is 0 Å². The Kier molecular flexibility index (Phi) is 3.41. The standard InChI is InChI=1S/C15H19N3O3/c1-8-2-5-11(7-12(8)18(20)21)17-15(19)13-9-3-4-10(6-9)14(13)16/h2,5,7,9-10,13-14H,3-4,6,16H2,1H3,(H,17,19). The van der Waals surface area contributed by atoms with E-state index in [0.717, 1.165) is 19.3 Å². The van der Waals surface area contributed by atoms with Gasteiger partial charge in [-0.15, -0.1) is 0 Å². The van der Waals surface area contributed by atoms with Gasteiger partial charge in [-0.25, -0.2) is 0 Å². The Hall–Kier alpha value is -1.95. The highest BCUT2D eigenvalue weighted by atomic mass is 16.6. The molecule has 21 heavy (non-hydrogen) atoms. The summed E-state index contributed by atoms with van der Waals surface area (Å²) in [5, 5.41) is 13.7. The molecule has 1 aromatic carbocycles. The smallest absolute Gasteiger partial charge is 0.274 e. The molecule has 2 fully saturated rings. The predicted molar refractivity (Wildman–Crippen MR) is 78.8 cm³/mol. The fourth-order valence-electron chi connectivity index (χ4n) is 3.83. The van der Waals surface area contributed by atoms with Gasteiger partial charge in [0.15, 0.2) is 0 Å². The Morgan fingerprint density at radius 1 is 1.38 bits per heavy atom. The maximum absolute atomic E-state index is 12.4. The monoisotopic (exact) mass is 289 g/mol. The van der Waals surface area contributed by atoms with Gasteiger partial charge in [-0.3, -0.25) is 14.9 Å². The summed E-state index contributed by atoms with van der Waals surface area (Å²) in [6.45, 7) is 1.68. The highest BCUT2D eigenvalue weighted by Crippen LogP contribution is 2.47. The lowest BCUT2D eigenvalue weighted by atomic mass is 9.84. The van der Waals surface area contributed by atoms with Crippen molar-refractivity contribution in [3.8, 4) is 0 Å². The molecular weight excluding hydrogens is 270 g/mol. The molecule has 0 aromatic heterocycles. The molecule has 2 bridgehead atoms. The number of amides is 1. The second-order valence-corrected chi connectivity index (χ2v) is 6.18. The van der Waals surface area contributed by atoms with Crippen molar-refractivity contribution in [3.63, 3.8) is 0 Å². The fraction of sp³-hybridized carbons (Fsp3) is 0.533. The average Bonchev–Trinajstić information content (AvgIpc) is 3.01. The quantitative estimate of drug-likeness (QED) is 0.658. The number of fused-ring (bicyclic) bond motifs is 2. The molecule has 3 N–H and O–H groups in total. The summed E-state index contributed by atoms with van der Waals surface area (Å²) in [5.74, 6) is 0.556. The summed E-state index contributed by atoms with van der Waals surface area (Å²) in [5.41, 5.74) is 7.21. The molecule has 1 amide bonds. The number of carbonyl (C=O) groups is 1. The number of nitrogens with zero attached hydrogens (tertiary/aromatic N) is 1. The number of nitro groups is 1. The van der Waals surface area contributed by atoms with Gasteiger partial charge >= 0.3 is 0 Å². The normalized spacial score (nSPS) is 30.4. The number of benzene rings is 1. The molecule has 0 saturated heterocycles. The highest BCUT2D eigenvalue weighted by molar-refractivity contribution is 5.94. The van der Waals surface area contributed by atoms with Crippen molar-refractivity contribution in [2.75, 3.05) is 5.32 Å². The molecule has 6 nitrogen and oxygen atoms in total. The molecule has 2 aliphatic carbocycles. The van der Waals surface area contributed by atoms with Crippen molar-refractivity contribution < 1.29 is 9.72 Å². The SMILES string of the molecule is Cc1ccc(NC(=O)C2C3CCC(C3)C2N)cc1[N+](=O)[O-]. The third-order valence-electron chi connectivity index (χ3n) is 4.96. The summed E-state index contributed by atoms with van der Waals surface area (Å²) >= 11 is 0. The van der Waals surface area contributed by atoms with Crippen LogP contribution in [0.3, 0.4) is 0 Å². The zero-order chi connectivity index (χ0) is 15.1. The molecule has 3 rings (SSSR count). The first-order valence-electron chi connectivity index (χ1n) is 7.29. The Morgan fingerprint density at radius 2 is 2.10 bits per heavy atom. The molecular formula is C15H19N3O3. The van der Waals surface area contributed by atoms with Crippen LogP contribution in [0.5, 0.6) is 0 Å². The van der Waals surface area contributed by atoms with Crippen LogP contribution in [0.15, 0.2) is 18.2 Å². The van der Waals surface area contributed by atoms with Crippen molar-refractivity contribution in [1.29, 1.82) is 0 Å². The largest absolute Gasteiger partial charge is 0.327 e. The first-order valence-corrected chi connectivity index (χ1v) is 7.29. The van der Waals surface area contributed by atoms with Gasteiger partial charge in [-0.05, 0) is 44.1 Å². The van der Waals surface area contributed by atoms with Crippen LogP contribution in [0.4, 0.5) is 11.4 Å². The van der Waals surface area contributed by atoms with Gasteiger partial charge in [0.1, 0.15) is 0 Å². The Morgan fingerprint density at radius 3 is 2.71 bits per heavy atom. The molecule has 4 unspecified atom stereocenters. The summed E-state index contributed by atoms with van der Waals surface area (Å²) in [7, 11) is 0. The minimum absolute atomic E-state index is 0.0186. The summed E-state index contributed by atoms with van der Waals surface area (Å²) in [4.78, 5) is 22.9. The number of nitrogens with one attached hydrogen (secondary N) is 1. The fourth-order valence-corrected chi connectivity index (χ4v) is 3.83. The average molecular weight is 289 g/mol. The van der Waals surface area contributed by atoms with Crippen LogP contribution in [-0.4, -0.2) is 16.9 Å². The van der Waals surface area contributed by atoms with Gasteiger partial charge in [-0.1, -0.05) is 6.07 Å². The number of hydrogen-bond donors (Lipinski definition) is 2. The molecule has 0 aliphatic heterocycles. The van der Waals surface area contributed by atoms with E-state index in [1.54, 1.807) is 19.1 Å². The lowest BCUT2D eigenvalue weighted by molar-refractivity contribution is -0.385. The van der Waals surface area contributed by atoms with Gasteiger partial charge in [0.25, 0.3) is 5.69 Å². The number of rotatable bonds is 3. The van der Waals surface area contributed by atoms with Crippen LogP contribution in [0, 0.1) is 34.8 Å². The number of nitro benzene ring substituents is 1. The van der Waals surface area contributed by atoms with Crippen molar-refractivity contribution in [2.45, 2.75) is 32.2 Å². The molecule has 0 spiro atoms. The van der Waals surface area contributed by atoms with E-state index in [4.69, 9.17) is 5.73 Å². The van der Waals surface area contributed by atoms with Gasteiger partial charge in [0, 0.05) is 23.4 Å².